The number of ether oxygens (including phenoxy) is 1. The molecule has 4 rings (SSSR count). The van der Waals surface area contributed by atoms with Gasteiger partial charge in [-0.1, -0.05) is 0 Å². The maximum atomic E-state index is 12.9. The number of anilines is 3. The number of carbonyl (C=O) groups excluding carboxylic acids is 2. The molecule has 1 aromatic heterocycles. The van der Waals surface area contributed by atoms with E-state index in [1.807, 2.05) is 28.9 Å². The van der Waals surface area contributed by atoms with Crippen molar-refractivity contribution in [3.05, 3.63) is 35.8 Å². The van der Waals surface area contributed by atoms with E-state index in [0.29, 0.717) is 36.0 Å². The van der Waals surface area contributed by atoms with Crippen molar-refractivity contribution in [3.8, 4) is 5.75 Å². The van der Waals surface area contributed by atoms with E-state index < -0.39 is 6.09 Å². The highest BCUT2D eigenvalue weighted by Crippen LogP contribution is 2.36. The van der Waals surface area contributed by atoms with Crippen LogP contribution in [0.2, 0.25) is 0 Å². The number of fused-ring (bicyclic) bond motifs is 1. The van der Waals surface area contributed by atoms with Gasteiger partial charge in [0, 0.05) is 19.1 Å². The lowest BCUT2D eigenvalue weighted by Crippen LogP contribution is -2.52. The van der Waals surface area contributed by atoms with Gasteiger partial charge < -0.3 is 20.3 Å². The van der Waals surface area contributed by atoms with Crippen molar-refractivity contribution in [2.24, 2.45) is 0 Å². The number of hydrogen-bond acceptors (Lipinski definition) is 7. The summed E-state index contributed by atoms with van der Waals surface area (Å²) in [5.41, 5.74) is 1.33. The van der Waals surface area contributed by atoms with E-state index in [4.69, 9.17) is 4.74 Å². The Morgan fingerprint density at radius 3 is 2.68 bits per heavy atom. The predicted molar refractivity (Wildman–Crippen MR) is 122 cm³/mol. The standard InChI is InChI=1S/C20H22FIN6O3/c1-10-16-17(27(3)11(2)18(29)25-16)26-19(23-10)28(22)14-8-13(9-14)24-20(30)31-15-6-4-12(21)5-7-15/h4-7,11,13-14H,8-9H2,1-3H3,(H,24,30)(H,25,29)/t11-,13-,14+/m0/s1. The highest BCUT2D eigenvalue weighted by molar-refractivity contribution is 14.1. The predicted octanol–water partition coefficient (Wildman–Crippen LogP) is 3.18. The third-order valence-electron chi connectivity index (χ3n) is 5.57. The Morgan fingerprint density at radius 1 is 1.32 bits per heavy atom. The second-order valence-corrected chi connectivity index (χ2v) is 8.74. The average Bonchev–Trinajstić information content (AvgIpc) is 2.70. The molecule has 0 radical (unpaired) electrons. The minimum absolute atomic E-state index is 0.0316. The Hall–Kier alpha value is -2.70. The first-order chi connectivity index (χ1) is 14.7. The quantitative estimate of drug-likeness (QED) is 0.454. The zero-order chi connectivity index (χ0) is 22.3. The SMILES string of the molecule is Cc1nc(N(I)[C@H]2C[C@@H](NC(=O)Oc3ccc(F)cc3)C2)nc2c1NC(=O)[C@H](C)N2C. The maximum Gasteiger partial charge on any atom is 0.412 e. The molecule has 1 aliphatic heterocycles. The number of nitrogens with zero attached hydrogens (tertiary/aromatic N) is 4. The number of aromatic nitrogens is 2. The largest absolute Gasteiger partial charge is 0.412 e. The van der Waals surface area contributed by atoms with Crippen molar-refractivity contribution in [1.82, 2.24) is 15.3 Å². The Kier molecular flexibility index (Phi) is 5.86. The summed E-state index contributed by atoms with van der Waals surface area (Å²) < 4.78 is 20.1. The first-order valence-electron chi connectivity index (χ1n) is 9.84. The van der Waals surface area contributed by atoms with Gasteiger partial charge in [0.15, 0.2) is 5.82 Å². The lowest BCUT2D eigenvalue weighted by atomic mass is 9.87. The second-order valence-electron chi connectivity index (χ2n) is 7.70. The van der Waals surface area contributed by atoms with E-state index in [-0.39, 0.29) is 35.6 Å². The van der Waals surface area contributed by atoms with Crippen LogP contribution >= 0.6 is 22.9 Å². The molecule has 2 aliphatic rings. The number of rotatable bonds is 4. The van der Waals surface area contributed by atoms with Gasteiger partial charge in [0.05, 0.1) is 28.6 Å². The molecule has 1 atom stereocenters. The lowest BCUT2D eigenvalue weighted by Gasteiger charge is -2.40. The fraction of sp³-hybridized carbons (Fsp3) is 0.400. The molecule has 0 unspecified atom stereocenters. The molecule has 1 saturated carbocycles. The number of halogens is 2. The summed E-state index contributed by atoms with van der Waals surface area (Å²) in [6, 6.07) is 5.08. The summed E-state index contributed by atoms with van der Waals surface area (Å²) >= 11 is 2.18. The summed E-state index contributed by atoms with van der Waals surface area (Å²) in [5, 5.41) is 5.69. The molecule has 164 valence electrons. The minimum Gasteiger partial charge on any atom is -0.410 e. The molecular formula is C20H22FIN6O3. The van der Waals surface area contributed by atoms with Crippen molar-refractivity contribution in [1.29, 1.82) is 0 Å². The van der Waals surface area contributed by atoms with Crippen LogP contribution in [0.5, 0.6) is 5.75 Å². The van der Waals surface area contributed by atoms with Crippen LogP contribution < -0.4 is 23.4 Å². The van der Waals surface area contributed by atoms with Crippen LogP contribution in [0, 0.1) is 12.7 Å². The van der Waals surface area contributed by atoms with E-state index in [9.17, 15) is 14.0 Å². The monoisotopic (exact) mass is 540 g/mol. The molecule has 1 fully saturated rings. The zero-order valence-electron chi connectivity index (χ0n) is 17.2. The molecule has 2 amide bonds. The highest BCUT2D eigenvalue weighted by Gasteiger charge is 2.37. The highest BCUT2D eigenvalue weighted by atomic mass is 127. The number of benzene rings is 1. The van der Waals surface area contributed by atoms with Gasteiger partial charge in [-0.25, -0.2) is 14.2 Å². The Labute approximate surface area is 192 Å². The summed E-state index contributed by atoms with van der Waals surface area (Å²) in [4.78, 5) is 35.2. The van der Waals surface area contributed by atoms with Gasteiger partial charge in [-0.2, -0.15) is 4.98 Å². The van der Waals surface area contributed by atoms with Crippen LogP contribution in [0.1, 0.15) is 25.5 Å². The van der Waals surface area contributed by atoms with Gasteiger partial charge in [0.2, 0.25) is 11.9 Å². The number of carbonyl (C=O) groups is 2. The normalized spacial score (nSPS) is 22.2. The van der Waals surface area contributed by atoms with Crippen LogP contribution in [0.3, 0.4) is 0 Å². The summed E-state index contributed by atoms with van der Waals surface area (Å²) in [6.45, 7) is 3.67. The number of nitrogens with one attached hydrogen (secondary N) is 2. The molecule has 1 aromatic carbocycles. The Balaban J connectivity index is 1.36. The molecule has 2 heterocycles. The maximum absolute atomic E-state index is 12.9. The fourth-order valence-electron chi connectivity index (χ4n) is 3.49. The van der Waals surface area contributed by atoms with Crippen molar-refractivity contribution in [2.45, 2.75) is 44.8 Å². The molecule has 31 heavy (non-hydrogen) atoms. The Bertz CT molecular complexity index is 1010. The lowest BCUT2D eigenvalue weighted by molar-refractivity contribution is -0.117. The fourth-order valence-corrected chi connectivity index (χ4v) is 4.16. The summed E-state index contributed by atoms with van der Waals surface area (Å²) in [5.74, 6) is 1.06. The second kappa shape index (κ2) is 8.44. The van der Waals surface area contributed by atoms with Crippen molar-refractivity contribution in [3.63, 3.8) is 0 Å². The first kappa shape index (κ1) is 21.5. The average molecular weight is 540 g/mol. The first-order valence-corrected chi connectivity index (χ1v) is 10.8. The molecule has 0 bridgehead atoms. The van der Waals surface area contributed by atoms with E-state index in [1.165, 1.54) is 24.3 Å². The van der Waals surface area contributed by atoms with Crippen LogP contribution in [0.25, 0.3) is 0 Å². The van der Waals surface area contributed by atoms with Crippen LogP contribution in [0.4, 0.5) is 26.6 Å². The van der Waals surface area contributed by atoms with Crippen molar-refractivity contribution >= 4 is 52.3 Å². The van der Waals surface area contributed by atoms with E-state index in [1.54, 1.807) is 0 Å². The number of amides is 2. The third-order valence-corrected chi connectivity index (χ3v) is 6.79. The molecule has 1 aliphatic carbocycles. The van der Waals surface area contributed by atoms with Crippen LogP contribution in [-0.4, -0.2) is 47.1 Å². The van der Waals surface area contributed by atoms with Gasteiger partial charge >= 0.3 is 6.09 Å². The van der Waals surface area contributed by atoms with Gasteiger partial charge in [-0.05, 0) is 51.0 Å². The smallest absolute Gasteiger partial charge is 0.410 e. The van der Waals surface area contributed by atoms with E-state index in [2.05, 4.69) is 43.5 Å². The van der Waals surface area contributed by atoms with Gasteiger partial charge in [0.25, 0.3) is 0 Å². The van der Waals surface area contributed by atoms with Crippen molar-refractivity contribution in [2.75, 3.05) is 20.4 Å². The van der Waals surface area contributed by atoms with E-state index >= 15 is 0 Å². The van der Waals surface area contributed by atoms with Crippen molar-refractivity contribution < 1.29 is 18.7 Å². The zero-order valence-corrected chi connectivity index (χ0v) is 19.4. The topological polar surface area (TPSA) is 99.7 Å². The molecule has 2 aromatic rings. The number of hydrogen-bond donors (Lipinski definition) is 2. The van der Waals surface area contributed by atoms with Gasteiger partial charge in [-0.3, -0.25) is 7.91 Å². The minimum atomic E-state index is -0.567. The third kappa shape index (κ3) is 4.36. The van der Waals surface area contributed by atoms with E-state index in [0.717, 1.165) is 0 Å². The molecule has 0 saturated heterocycles. The van der Waals surface area contributed by atoms with Crippen LogP contribution in [0.15, 0.2) is 24.3 Å². The van der Waals surface area contributed by atoms with Crippen LogP contribution in [-0.2, 0) is 4.79 Å². The molecule has 11 heteroatoms. The summed E-state index contributed by atoms with van der Waals surface area (Å²) in [6.07, 6.45) is 0.857. The Morgan fingerprint density at radius 2 is 2.00 bits per heavy atom. The van der Waals surface area contributed by atoms with Gasteiger partial charge in [-0.15, -0.1) is 0 Å². The molecule has 0 spiro atoms. The number of aryl methyl sites for hydroxylation is 1. The molecule has 2 N–H and O–H groups in total. The number of likely N-dealkylation sites (N-methyl/N-ethyl adjacent to an activating group) is 1. The molecule has 9 nitrogen and oxygen atoms in total. The molecular weight excluding hydrogens is 518 g/mol. The van der Waals surface area contributed by atoms with Gasteiger partial charge in [0.1, 0.15) is 23.3 Å². The summed E-state index contributed by atoms with van der Waals surface area (Å²) in [7, 11) is 1.84.